The molecule has 1 saturated heterocycles. The molecule has 0 bridgehead atoms. The summed E-state index contributed by atoms with van der Waals surface area (Å²) >= 11 is 0. The summed E-state index contributed by atoms with van der Waals surface area (Å²) in [4.78, 5) is 38.4. The second-order valence-corrected chi connectivity index (χ2v) is 7.51. The van der Waals surface area contributed by atoms with Gasteiger partial charge >= 0.3 is 6.03 Å². The van der Waals surface area contributed by atoms with Gasteiger partial charge in [0.05, 0.1) is 13.2 Å². The maximum Gasteiger partial charge on any atom is 0.329 e. The van der Waals surface area contributed by atoms with Crippen molar-refractivity contribution in [2.24, 2.45) is 0 Å². The monoisotopic (exact) mass is 437 g/mol. The summed E-state index contributed by atoms with van der Waals surface area (Å²) in [5.41, 5.74) is 2.28. The van der Waals surface area contributed by atoms with Crippen LogP contribution in [0.3, 0.4) is 0 Å². The molecule has 0 aromatic heterocycles. The second kappa shape index (κ2) is 10.00. The van der Waals surface area contributed by atoms with E-state index in [2.05, 4.69) is 10.6 Å². The highest BCUT2D eigenvalue weighted by Crippen LogP contribution is 2.34. The van der Waals surface area contributed by atoms with Crippen molar-refractivity contribution < 1.29 is 23.9 Å². The van der Waals surface area contributed by atoms with E-state index in [0.717, 1.165) is 16.9 Å². The third kappa shape index (κ3) is 5.26. The number of nitrogens with one attached hydrogen (secondary N) is 2. The fourth-order valence-electron chi connectivity index (χ4n) is 3.07. The lowest BCUT2D eigenvalue weighted by Gasteiger charge is -2.17. The Morgan fingerprint density at radius 3 is 2.56 bits per heavy atom. The van der Waals surface area contributed by atoms with Crippen LogP contribution in [0.5, 0.6) is 11.5 Å². The number of urea groups is 1. The van der Waals surface area contributed by atoms with Crippen LogP contribution in [0.1, 0.15) is 31.4 Å². The van der Waals surface area contributed by atoms with Crippen molar-refractivity contribution in [1.29, 1.82) is 0 Å². The summed E-state index contributed by atoms with van der Waals surface area (Å²) in [7, 11) is 1.53. The zero-order valence-electron chi connectivity index (χ0n) is 18.6. The smallest absolute Gasteiger partial charge is 0.329 e. The molecule has 0 saturated carbocycles. The zero-order chi connectivity index (χ0) is 23.3. The van der Waals surface area contributed by atoms with E-state index in [0.29, 0.717) is 22.7 Å². The van der Waals surface area contributed by atoms with Crippen LogP contribution in [-0.2, 0) is 9.59 Å². The highest BCUT2D eigenvalue weighted by molar-refractivity contribution is 6.16. The number of methoxy groups -OCH3 is 1. The minimum absolute atomic E-state index is 0.0559. The number of hydrogen-bond acceptors (Lipinski definition) is 5. The molecule has 2 aromatic rings. The standard InChI is InChI=1S/C24H27N3O5/c1-5-16(3)32-22-17(7-6-8-20(22)31-4)13-19-23(29)27(24(30)26-19)14-21(28)25-18-11-9-15(2)10-12-18/h6-13,16H,5,14H2,1-4H3,(H,25,28)(H,26,30)/b19-13+/t16-/m0/s1. The summed E-state index contributed by atoms with van der Waals surface area (Å²) in [6.07, 6.45) is 2.24. The van der Waals surface area contributed by atoms with E-state index in [9.17, 15) is 14.4 Å². The third-order valence-electron chi connectivity index (χ3n) is 5.02. The minimum Gasteiger partial charge on any atom is -0.493 e. The summed E-state index contributed by atoms with van der Waals surface area (Å²) in [5, 5.41) is 5.22. The van der Waals surface area contributed by atoms with Crippen molar-refractivity contribution in [2.75, 3.05) is 19.0 Å². The van der Waals surface area contributed by atoms with Crippen LogP contribution in [-0.4, -0.2) is 42.5 Å². The Balaban J connectivity index is 1.78. The van der Waals surface area contributed by atoms with Crippen LogP contribution in [0, 0.1) is 6.92 Å². The number of nitrogens with zero attached hydrogens (tertiary/aromatic N) is 1. The van der Waals surface area contributed by atoms with E-state index in [1.807, 2.05) is 32.9 Å². The van der Waals surface area contributed by atoms with Crippen molar-refractivity contribution in [3.8, 4) is 11.5 Å². The van der Waals surface area contributed by atoms with Crippen molar-refractivity contribution in [3.63, 3.8) is 0 Å². The maximum atomic E-state index is 12.8. The molecule has 1 aliphatic heterocycles. The van der Waals surface area contributed by atoms with Crippen molar-refractivity contribution in [2.45, 2.75) is 33.3 Å². The van der Waals surface area contributed by atoms with Crippen LogP contribution in [0.25, 0.3) is 6.08 Å². The van der Waals surface area contributed by atoms with E-state index in [1.165, 1.54) is 13.2 Å². The van der Waals surface area contributed by atoms with E-state index in [-0.39, 0.29) is 11.8 Å². The van der Waals surface area contributed by atoms with E-state index in [4.69, 9.17) is 9.47 Å². The van der Waals surface area contributed by atoms with Crippen LogP contribution in [0.4, 0.5) is 10.5 Å². The number of hydrogen-bond donors (Lipinski definition) is 2. The van der Waals surface area contributed by atoms with Crippen molar-refractivity contribution >= 4 is 29.6 Å². The van der Waals surface area contributed by atoms with E-state index >= 15 is 0 Å². The quantitative estimate of drug-likeness (QED) is 0.485. The Kier molecular flexibility index (Phi) is 7.14. The van der Waals surface area contributed by atoms with Gasteiger partial charge in [0.2, 0.25) is 5.91 Å². The van der Waals surface area contributed by atoms with Crippen LogP contribution in [0.2, 0.25) is 0 Å². The summed E-state index contributed by atoms with van der Waals surface area (Å²) < 4.78 is 11.4. The van der Waals surface area contributed by atoms with Gasteiger partial charge in [0, 0.05) is 11.3 Å². The molecular formula is C24H27N3O5. The average molecular weight is 437 g/mol. The highest BCUT2D eigenvalue weighted by Gasteiger charge is 2.35. The number of carbonyl (C=O) groups is 3. The van der Waals surface area contributed by atoms with Crippen molar-refractivity contribution in [1.82, 2.24) is 10.2 Å². The number of ether oxygens (including phenoxy) is 2. The molecule has 2 aromatic carbocycles. The molecule has 168 valence electrons. The highest BCUT2D eigenvalue weighted by atomic mass is 16.5. The van der Waals surface area contributed by atoms with Crippen molar-refractivity contribution in [3.05, 3.63) is 59.3 Å². The number of amides is 4. The molecule has 32 heavy (non-hydrogen) atoms. The van der Waals surface area contributed by atoms with Crippen LogP contribution < -0.4 is 20.1 Å². The zero-order valence-corrected chi connectivity index (χ0v) is 18.6. The Morgan fingerprint density at radius 1 is 1.19 bits per heavy atom. The lowest BCUT2D eigenvalue weighted by Crippen LogP contribution is -2.38. The molecule has 1 heterocycles. The second-order valence-electron chi connectivity index (χ2n) is 7.51. The molecule has 8 nitrogen and oxygen atoms in total. The van der Waals surface area contributed by atoms with Gasteiger partial charge in [-0.3, -0.25) is 9.59 Å². The Bertz CT molecular complexity index is 1050. The molecule has 0 unspecified atom stereocenters. The summed E-state index contributed by atoms with van der Waals surface area (Å²) in [5.74, 6) is -0.0626. The third-order valence-corrected chi connectivity index (χ3v) is 5.02. The molecule has 0 spiro atoms. The molecule has 2 N–H and O–H groups in total. The van der Waals surface area contributed by atoms with Gasteiger partial charge in [0.15, 0.2) is 11.5 Å². The SMILES string of the molecule is CC[C@H](C)Oc1c(/C=C2/NC(=O)N(CC(=O)Nc3ccc(C)cc3)C2=O)cccc1OC. The van der Waals surface area contributed by atoms with Gasteiger partial charge in [0.1, 0.15) is 12.2 Å². The topological polar surface area (TPSA) is 97.0 Å². The van der Waals surface area contributed by atoms with Gasteiger partial charge in [-0.25, -0.2) is 9.69 Å². The molecule has 0 radical (unpaired) electrons. The molecule has 1 aliphatic rings. The number of anilines is 1. The first-order valence-corrected chi connectivity index (χ1v) is 10.4. The largest absolute Gasteiger partial charge is 0.493 e. The summed E-state index contributed by atoms with van der Waals surface area (Å²) in [6.45, 7) is 5.47. The molecule has 8 heteroatoms. The van der Waals surface area contributed by atoms with Gasteiger partial charge < -0.3 is 20.1 Å². The number of para-hydroxylation sites is 1. The fourth-order valence-corrected chi connectivity index (χ4v) is 3.07. The van der Waals surface area contributed by atoms with E-state index < -0.39 is 24.4 Å². The normalized spacial score (nSPS) is 15.5. The summed E-state index contributed by atoms with van der Waals surface area (Å²) in [6, 6.07) is 11.9. The van der Waals surface area contributed by atoms with Crippen LogP contribution in [0.15, 0.2) is 48.2 Å². The number of imide groups is 1. The minimum atomic E-state index is -0.660. The predicted molar refractivity (Wildman–Crippen MR) is 121 cm³/mol. The number of carbonyl (C=O) groups excluding carboxylic acids is 3. The van der Waals surface area contributed by atoms with Crippen LogP contribution >= 0.6 is 0 Å². The molecular weight excluding hydrogens is 410 g/mol. The predicted octanol–water partition coefficient (Wildman–Crippen LogP) is 3.71. The first-order chi connectivity index (χ1) is 15.3. The average Bonchev–Trinajstić information content (AvgIpc) is 3.03. The molecule has 1 fully saturated rings. The Hall–Kier alpha value is -3.81. The lowest BCUT2D eigenvalue weighted by atomic mass is 10.1. The first kappa shape index (κ1) is 22.9. The molecule has 0 aliphatic carbocycles. The van der Waals surface area contributed by atoms with E-state index in [1.54, 1.807) is 30.3 Å². The number of rotatable bonds is 8. The van der Waals surface area contributed by atoms with Gasteiger partial charge in [0.25, 0.3) is 5.91 Å². The van der Waals surface area contributed by atoms with Gasteiger partial charge in [-0.15, -0.1) is 0 Å². The number of benzene rings is 2. The molecule has 1 atom stereocenters. The lowest BCUT2D eigenvalue weighted by molar-refractivity contribution is -0.127. The molecule has 4 amide bonds. The molecule has 3 rings (SSSR count). The first-order valence-electron chi connectivity index (χ1n) is 10.4. The maximum absolute atomic E-state index is 12.8. The van der Waals surface area contributed by atoms with Gasteiger partial charge in [-0.05, 0) is 44.5 Å². The Labute approximate surface area is 187 Å². The Morgan fingerprint density at radius 2 is 1.91 bits per heavy atom. The number of aryl methyl sites for hydroxylation is 1. The van der Waals surface area contributed by atoms with Gasteiger partial charge in [-0.2, -0.15) is 0 Å². The fraction of sp³-hybridized carbons (Fsp3) is 0.292. The van der Waals surface area contributed by atoms with Gasteiger partial charge in [-0.1, -0.05) is 36.8 Å².